The highest BCUT2D eigenvalue weighted by atomic mass is 33.1. The molecule has 0 unspecified atom stereocenters. The number of carbonyl (C=O) groups is 13. The van der Waals surface area contributed by atoms with Crippen LogP contribution < -0.4 is 48.7 Å². The third-order valence-electron chi connectivity index (χ3n) is 11.6. The van der Waals surface area contributed by atoms with Crippen molar-refractivity contribution in [3.63, 3.8) is 0 Å². The van der Waals surface area contributed by atoms with Gasteiger partial charge in [0, 0.05) is 63.6 Å². The third kappa shape index (κ3) is 32.5. The van der Waals surface area contributed by atoms with E-state index in [0.717, 1.165) is 26.5 Å². The topological polar surface area (TPSA) is 502 Å². The lowest BCUT2D eigenvalue weighted by atomic mass is 9.97. The van der Waals surface area contributed by atoms with Crippen LogP contribution in [0.25, 0.3) is 0 Å². The summed E-state index contributed by atoms with van der Waals surface area (Å²) in [6, 6.07) is -7.06. The molecule has 32 nitrogen and oxygen atoms in total. The minimum Gasteiger partial charge on any atom is -0.481 e. The van der Waals surface area contributed by atoms with Gasteiger partial charge >= 0.3 is 35.8 Å². The molecule has 17 N–H and O–H groups in total. The Bertz CT molecular complexity index is 2120. The van der Waals surface area contributed by atoms with Gasteiger partial charge in [0.2, 0.25) is 41.4 Å². The summed E-state index contributed by atoms with van der Waals surface area (Å²) in [4.78, 5) is 171. The highest BCUT2D eigenvalue weighted by Crippen LogP contribution is 2.24. The Labute approximate surface area is 462 Å². The Morgan fingerprint density at radius 1 is 0.595 bits per heavy atom. The van der Waals surface area contributed by atoms with Gasteiger partial charge in [-0.15, -0.1) is 0 Å². The number of nitrogens with one attached hydrogen (secondary N) is 7. The Balaban J connectivity index is 3.22. The maximum Gasteiger partial charge on any atom is 0.322 e. The van der Waals surface area contributed by atoms with E-state index in [4.69, 9.17) is 21.7 Å². The molecular formula is C45H75N13O19S2. The Kier molecular flexibility index (Phi) is 34.1. The molecule has 1 rings (SSSR count). The molecule has 7 amide bonds. The predicted octanol–water partition coefficient (Wildman–Crippen LogP) is -5.11. The number of aliphatic imine (C=N–C) groups is 1. The summed E-state index contributed by atoms with van der Waals surface area (Å²) in [5.41, 5.74) is 10.9. The second-order valence-electron chi connectivity index (χ2n) is 18.2. The second kappa shape index (κ2) is 38.5. The molecule has 0 bridgehead atoms. The number of aliphatic carboxylic acids is 6. The van der Waals surface area contributed by atoms with Gasteiger partial charge < -0.3 is 79.3 Å². The molecule has 1 aliphatic rings. The molecule has 34 heteroatoms. The molecule has 1 aliphatic heterocycles. The summed E-state index contributed by atoms with van der Waals surface area (Å²) < 4.78 is 0. The van der Waals surface area contributed by atoms with Crippen molar-refractivity contribution in [2.75, 3.05) is 90.0 Å². The lowest BCUT2D eigenvalue weighted by molar-refractivity contribution is -0.143. The number of carboxylic acids is 6. The van der Waals surface area contributed by atoms with Crippen LogP contribution in [-0.4, -0.2) is 249 Å². The molecule has 0 radical (unpaired) electrons. The van der Waals surface area contributed by atoms with Gasteiger partial charge in [-0.1, -0.05) is 48.3 Å². The van der Waals surface area contributed by atoms with Crippen LogP contribution in [0.3, 0.4) is 0 Å². The molecule has 0 aliphatic carbocycles. The molecule has 0 aromatic carbocycles. The molecule has 79 heavy (non-hydrogen) atoms. The number of amides is 7. The minimum absolute atomic E-state index is 0.00937. The average molecular weight is 1170 g/mol. The van der Waals surface area contributed by atoms with E-state index in [-0.39, 0.29) is 82.4 Å². The zero-order valence-corrected chi connectivity index (χ0v) is 45.6. The summed E-state index contributed by atoms with van der Waals surface area (Å²) in [7, 11) is 1.91. The van der Waals surface area contributed by atoms with E-state index in [9.17, 15) is 82.8 Å². The quantitative estimate of drug-likeness (QED) is 0.0122. The number of carbonyl (C=O) groups excluding carboxylic acids is 7. The molecule has 446 valence electrons. The van der Waals surface area contributed by atoms with Crippen LogP contribution >= 0.6 is 21.6 Å². The van der Waals surface area contributed by atoms with Gasteiger partial charge in [-0.25, -0.2) is 0 Å². The smallest absolute Gasteiger partial charge is 0.322 e. The molecule has 1 heterocycles. The van der Waals surface area contributed by atoms with E-state index in [1.807, 2.05) is 0 Å². The summed E-state index contributed by atoms with van der Waals surface area (Å²) in [6.07, 6.45) is 0.116. The fourth-order valence-corrected chi connectivity index (χ4v) is 9.65. The molecule has 0 aromatic rings. The number of nitrogens with zero attached hydrogens (tertiary/aromatic N) is 4. The number of guanidine groups is 1. The van der Waals surface area contributed by atoms with Gasteiger partial charge in [-0.05, 0) is 38.0 Å². The number of hydrogen-bond acceptors (Lipinski definition) is 19. The number of rotatable bonds is 35. The van der Waals surface area contributed by atoms with E-state index >= 15 is 0 Å². The van der Waals surface area contributed by atoms with Crippen molar-refractivity contribution in [3.05, 3.63) is 0 Å². The third-order valence-corrected chi connectivity index (χ3v) is 14.0. The molecule has 6 atom stereocenters. The van der Waals surface area contributed by atoms with Crippen molar-refractivity contribution in [1.82, 2.24) is 51.9 Å². The van der Waals surface area contributed by atoms with Gasteiger partial charge in [0.25, 0.3) is 0 Å². The lowest BCUT2D eigenvalue weighted by Crippen LogP contribution is -2.60. The van der Waals surface area contributed by atoms with Gasteiger partial charge in [0.15, 0.2) is 5.96 Å². The minimum atomic E-state index is -1.57. The predicted molar refractivity (Wildman–Crippen MR) is 283 cm³/mol. The highest BCUT2D eigenvalue weighted by molar-refractivity contribution is 8.76. The van der Waals surface area contributed by atoms with E-state index in [1.54, 1.807) is 13.8 Å². The normalized spacial score (nSPS) is 18.9. The van der Waals surface area contributed by atoms with Crippen molar-refractivity contribution in [1.29, 1.82) is 0 Å². The average Bonchev–Trinajstić information content (AvgIpc) is 3.35. The molecule has 1 fully saturated rings. The van der Waals surface area contributed by atoms with Crippen LogP contribution in [-0.2, 0) is 62.3 Å². The molecule has 0 aromatic heterocycles. The lowest BCUT2D eigenvalue weighted by Gasteiger charge is -2.29. The highest BCUT2D eigenvalue weighted by Gasteiger charge is 2.35. The number of nitrogens with two attached hydrogens (primary N) is 2. The fourth-order valence-electron chi connectivity index (χ4n) is 7.32. The monoisotopic (exact) mass is 1170 g/mol. The van der Waals surface area contributed by atoms with Crippen molar-refractivity contribution in [2.45, 2.75) is 102 Å². The first-order valence-corrected chi connectivity index (χ1v) is 27.5. The molecule has 0 spiro atoms. The van der Waals surface area contributed by atoms with E-state index < -0.39 is 165 Å². The van der Waals surface area contributed by atoms with Crippen molar-refractivity contribution in [3.8, 4) is 0 Å². The number of unbranched alkanes of at least 4 members (excludes halogenated alkanes) is 2. The largest absolute Gasteiger partial charge is 0.481 e. The van der Waals surface area contributed by atoms with E-state index in [1.165, 1.54) is 9.80 Å². The van der Waals surface area contributed by atoms with Gasteiger partial charge in [-0.2, -0.15) is 0 Å². The van der Waals surface area contributed by atoms with Gasteiger partial charge in [0.1, 0.15) is 36.8 Å². The van der Waals surface area contributed by atoms with Crippen molar-refractivity contribution >= 4 is 105 Å². The zero-order valence-electron chi connectivity index (χ0n) is 44.0. The maximum atomic E-state index is 14.1. The van der Waals surface area contributed by atoms with Crippen LogP contribution in [0.4, 0.5) is 0 Å². The fraction of sp³-hybridized carbons (Fsp3) is 0.689. The molecular weight excluding hydrogens is 1090 g/mol. The Morgan fingerprint density at radius 3 is 1.68 bits per heavy atom. The van der Waals surface area contributed by atoms with Gasteiger partial charge in [0.05, 0.1) is 32.7 Å². The Morgan fingerprint density at radius 2 is 1.13 bits per heavy atom. The first-order valence-electron chi connectivity index (χ1n) is 25.0. The maximum absolute atomic E-state index is 14.1. The second-order valence-corrected chi connectivity index (χ2v) is 20.7. The van der Waals surface area contributed by atoms with E-state index in [0.29, 0.717) is 19.3 Å². The summed E-state index contributed by atoms with van der Waals surface area (Å²) in [6.45, 7) is -0.513. The summed E-state index contributed by atoms with van der Waals surface area (Å²) in [5.74, 6) is -14.8. The van der Waals surface area contributed by atoms with Crippen molar-refractivity contribution < 1.29 is 93.0 Å². The first kappa shape index (κ1) is 70.0. The van der Waals surface area contributed by atoms with Crippen LogP contribution in [0.2, 0.25) is 0 Å². The Hall–Kier alpha value is -7.04. The van der Waals surface area contributed by atoms with Gasteiger partial charge in [-0.3, -0.25) is 82.0 Å². The molecule has 0 saturated carbocycles. The first-order chi connectivity index (χ1) is 37.2. The molecule has 1 saturated heterocycles. The van der Waals surface area contributed by atoms with Crippen molar-refractivity contribution in [2.24, 2.45) is 22.4 Å². The van der Waals surface area contributed by atoms with E-state index in [2.05, 4.69) is 42.2 Å². The zero-order chi connectivity index (χ0) is 59.6. The summed E-state index contributed by atoms with van der Waals surface area (Å²) in [5, 5.41) is 73.3. The standard InChI is InChI=1S/C45H75N13O19S2/c1-3-26(2)39-44(77)53-27(8-7-13-49-45(46)47)41(74)52-28(10-11-33(61)62)42(75)54-29(40(73)50-18-34(63)64)24-78-79-25-30(43(76)55-39)51-31(59)9-5-4-6-12-48-32(60)19-57(21-36(67)68)16-14-56(20-35(65)66)15-17-58(22-37(69)70)23-38(71)72/h26-30,39H,3-25H2,1-2H3,(H,48,60)(H,50,73)(H,51,59)(H,52,74)(H,53,77)(H,54,75)(H,55,76)(H,61,62)(H,63,64)(H,65,66)(H,67,68)(H,69,70)(H,71,72)(H4,46,47,49)/t26-,27-,28-,29-,30-,39-/m0/s1. The van der Waals surface area contributed by atoms with Crippen LogP contribution in [0.15, 0.2) is 4.99 Å². The number of carboxylic acid groups (broad SMARTS) is 6. The summed E-state index contributed by atoms with van der Waals surface area (Å²) >= 11 is 0. The van der Waals surface area contributed by atoms with Crippen LogP contribution in [0.5, 0.6) is 0 Å². The van der Waals surface area contributed by atoms with Crippen LogP contribution in [0, 0.1) is 5.92 Å². The van der Waals surface area contributed by atoms with Crippen LogP contribution in [0.1, 0.15) is 71.6 Å². The SMILES string of the molecule is CC[C@H](C)[C@@H]1NC(=O)[C@@H](NC(=O)CCCCCNC(=O)CN(CCN(CCN(CC(=O)O)CC(=O)O)CC(=O)O)CC(=O)O)CSSC[C@@H](C(=O)NCC(=O)O)NC(=O)[C@H](CCC(=O)O)NC(=O)[C@H](CCCN=C(N)N)NC1=O. The number of hydrogen-bond donors (Lipinski definition) is 15.